The molecule has 0 unspecified atom stereocenters. The molecule has 0 aliphatic carbocycles. The van der Waals surface area contributed by atoms with Crippen molar-refractivity contribution in [1.82, 2.24) is 14.3 Å². The monoisotopic (exact) mass is 479 g/mol. The van der Waals surface area contributed by atoms with Gasteiger partial charge in [-0.3, -0.25) is 0 Å². The number of thiophene rings is 1. The van der Waals surface area contributed by atoms with Crippen LogP contribution in [0.5, 0.6) is 0 Å². The number of halogens is 1. The highest BCUT2D eigenvalue weighted by atomic mass is 32.2. The normalized spacial score (nSPS) is 15.0. The minimum atomic E-state index is -3.65. The van der Waals surface area contributed by atoms with E-state index in [2.05, 4.69) is 14.9 Å². The zero-order valence-corrected chi connectivity index (χ0v) is 19.0. The van der Waals surface area contributed by atoms with Crippen LogP contribution in [0.3, 0.4) is 0 Å². The summed E-state index contributed by atoms with van der Waals surface area (Å²) in [5.74, 6) is 0.449. The molecule has 1 saturated heterocycles. The summed E-state index contributed by atoms with van der Waals surface area (Å²) in [5.41, 5.74) is 2.22. The molecular weight excluding hydrogens is 461 g/mol. The fourth-order valence-corrected chi connectivity index (χ4v) is 6.26. The highest BCUT2D eigenvalue weighted by Gasteiger charge is 2.30. The third-order valence-electron chi connectivity index (χ3n) is 5.66. The van der Waals surface area contributed by atoms with Crippen molar-refractivity contribution in [2.45, 2.75) is 4.90 Å². The van der Waals surface area contributed by atoms with Crippen molar-refractivity contribution in [3.63, 3.8) is 0 Å². The van der Waals surface area contributed by atoms with Gasteiger partial charge in [0.15, 0.2) is 0 Å². The van der Waals surface area contributed by atoms with Crippen molar-refractivity contribution in [3.8, 4) is 17.2 Å². The molecule has 0 radical (unpaired) electrons. The lowest BCUT2D eigenvalue weighted by molar-refractivity contribution is 0.384. The number of anilines is 1. The molecule has 0 atom stereocenters. The molecule has 7 nitrogen and oxygen atoms in total. The molecule has 0 saturated carbocycles. The van der Waals surface area contributed by atoms with Crippen LogP contribution in [0.25, 0.3) is 21.3 Å². The maximum Gasteiger partial charge on any atom is 0.243 e. The van der Waals surface area contributed by atoms with Crippen LogP contribution >= 0.6 is 11.3 Å². The summed E-state index contributed by atoms with van der Waals surface area (Å²) < 4.78 is 40.9. The number of nitriles is 1. The van der Waals surface area contributed by atoms with Gasteiger partial charge in [0.1, 0.15) is 22.8 Å². The van der Waals surface area contributed by atoms with Gasteiger partial charge in [0, 0.05) is 37.1 Å². The molecule has 1 fully saturated rings. The minimum Gasteiger partial charge on any atom is -0.353 e. The molecule has 0 bridgehead atoms. The molecule has 5 rings (SSSR count). The average molecular weight is 480 g/mol. The molecule has 33 heavy (non-hydrogen) atoms. The van der Waals surface area contributed by atoms with Gasteiger partial charge in [-0.05, 0) is 42.0 Å². The highest BCUT2D eigenvalue weighted by Crippen LogP contribution is 2.38. The summed E-state index contributed by atoms with van der Waals surface area (Å²) in [6.07, 6.45) is 1.52. The Hall–Kier alpha value is -3.39. The van der Waals surface area contributed by atoms with Gasteiger partial charge >= 0.3 is 0 Å². The number of sulfonamides is 1. The molecule has 1 aliphatic heterocycles. The van der Waals surface area contributed by atoms with Crippen molar-refractivity contribution in [2.75, 3.05) is 31.1 Å². The first-order valence-corrected chi connectivity index (χ1v) is 12.5. The van der Waals surface area contributed by atoms with E-state index in [1.165, 1.54) is 58.4 Å². The summed E-state index contributed by atoms with van der Waals surface area (Å²) in [7, 11) is -3.65. The lowest BCUT2D eigenvalue weighted by Gasteiger charge is -2.35. The molecule has 0 N–H and O–H groups in total. The largest absolute Gasteiger partial charge is 0.353 e. The number of fused-ring (bicyclic) bond motifs is 1. The Bertz CT molecular complexity index is 1450. The molecule has 3 heterocycles. The Morgan fingerprint density at radius 1 is 0.970 bits per heavy atom. The standard InChI is InChI=1S/C23H18FN5O2S2/c24-18-5-3-17(4-6-18)20-14-32-23-21(20)22(26-15-27-23)28-9-11-29(12-10-28)33(30,31)19-7-1-16(13-25)2-8-19/h1-8,14-15H,9-12H2. The van der Waals surface area contributed by atoms with Crippen molar-refractivity contribution in [2.24, 2.45) is 0 Å². The second kappa shape index (κ2) is 8.51. The molecule has 2 aromatic carbocycles. The molecule has 2 aromatic heterocycles. The average Bonchev–Trinajstić information content (AvgIpc) is 3.29. The third-order valence-corrected chi connectivity index (χ3v) is 8.46. The Balaban J connectivity index is 1.41. The lowest BCUT2D eigenvalue weighted by Crippen LogP contribution is -2.49. The Labute approximate surface area is 194 Å². The van der Waals surface area contributed by atoms with E-state index in [9.17, 15) is 12.8 Å². The van der Waals surface area contributed by atoms with E-state index in [0.717, 1.165) is 27.2 Å². The number of nitrogens with zero attached hydrogens (tertiary/aromatic N) is 5. The molecule has 1 aliphatic rings. The van der Waals surface area contributed by atoms with Gasteiger partial charge < -0.3 is 4.90 Å². The minimum absolute atomic E-state index is 0.177. The highest BCUT2D eigenvalue weighted by molar-refractivity contribution is 7.89. The number of rotatable bonds is 4. The van der Waals surface area contributed by atoms with E-state index in [4.69, 9.17) is 5.26 Å². The molecule has 10 heteroatoms. The summed E-state index contributed by atoms with van der Waals surface area (Å²) in [6, 6.07) is 14.3. The van der Waals surface area contributed by atoms with Crippen LogP contribution in [0, 0.1) is 17.1 Å². The fraction of sp³-hybridized carbons (Fsp3) is 0.174. The van der Waals surface area contributed by atoms with Crippen LogP contribution in [-0.4, -0.2) is 48.9 Å². The Morgan fingerprint density at radius 2 is 1.67 bits per heavy atom. The topological polar surface area (TPSA) is 90.2 Å². The van der Waals surface area contributed by atoms with Crippen LogP contribution in [-0.2, 0) is 10.0 Å². The van der Waals surface area contributed by atoms with Crippen LogP contribution in [0.1, 0.15) is 5.56 Å². The number of piperazine rings is 1. The second-order valence-corrected chi connectivity index (χ2v) is 10.4. The van der Waals surface area contributed by atoms with Crippen molar-refractivity contribution in [1.29, 1.82) is 5.26 Å². The van der Waals surface area contributed by atoms with Gasteiger partial charge in [-0.25, -0.2) is 22.8 Å². The first-order valence-electron chi connectivity index (χ1n) is 10.2. The second-order valence-electron chi connectivity index (χ2n) is 7.56. The predicted molar refractivity (Wildman–Crippen MR) is 125 cm³/mol. The van der Waals surface area contributed by atoms with Crippen LogP contribution in [0.4, 0.5) is 10.2 Å². The smallest absolute Gasteiger partial charge is 0.243 e. The number of hydrogen-bond donors (Lipinski definition) is 0. The van der Waals surface area contributed by atoms with E-state index in [1.807, 2.05) is 11.4 Å². The van der Waals surface area contributed by atoms with Crippen LogP contribution in [0.2, 0.25) is 0 Å². The summed E-state index contributed by atoms with van der Waals surface area (Å²) in [4.78, 5) is 12.0. The van der Waals surface area contributed by atoms with Crippen molar-refractivity contribution >= 4 is 37.4 Å². The van der Waals surface area contributed by atoms with Crippen LogP contribution in [0.15, 0.2) is 65.1 Å². The van der Waals surface area contributed by atoms with E-state index >= 15 is 0 Å². The molecule has 0 spiro atoms. The maximum absolute atomic E-state index is 13.4. The molecule has 166 valence electrons. The lowest BCUT2D eigenvalue weighted by atomic mass is 10.1. The quantitative estimate of drug-likeness (QED) is 0.441. The number of aromatic nitrogens is 2. The zero-order chi connectivity index (χ0) is 23.0. The molecule has 4 aromatic rings. The van der Waals surface area contributed by atoms with Crippen molar-refractivity contribution in [3.05, 3.63) is 71.6 Å². The summed E-state index contributed by atoms with van der Waals surface area (Å²) >= 11 is 1.50. The Kier molecular flexibility index (Phi) is 5.54. The first kappa shape index (κ1) is 21.5. The van der Waals surface area contributed by atoms with Gasteiger partial charge in [0.2, 0.25) is 10.0 Å². The third kappa shape index (κ3) is 3.95. The van der Waals surface area contributed by atoms with Gasteiger partial charge in [0.05, 0.1) is 21.9 Å². The van der Waals surface area contributed by atoms with Crippen LogP contribution < -0.4 is 4.90 Å². The van der Waals surface area contributed by atoms with Crippen molar-refractivity contribution < 1.29 is 12.8 Å². The number of benzene rings is 2. The summed E-state index contributed by atoms with van der Waals surface area (Å²) in [5, 5.41) is 11.8. The van der Waals surface area contributed by atoms with Gasteiger partial charge in [-0.1, -0.05) is 12.1 Å². The van der Waals surface area contributed by atoms with Gasteiger partial charge in [0.25, 0.3) is 0 Å². The first-order chi connectivity index (χ1) is 16.0. The summed E-state index contributed by atoms with van der Waals surface area (Å²) in [6.45, 7) is 1.56. The maximum atomic E-state index is 13.4. The van der Waals surface area contributed by atoms with E-state index in [0.29, 0.717) is 31.7 Å². The zero-order valence-electron chi connectivity index (χ0n) is 17.3. The molecular formula is C23H18FN5O2S2. The Morgan fingerprint density at radius 3 is 2.33 bits per heavy atom. The predicted octanol–water partition coefficient (Wildman–Crippen LogP) is 3.88. The van der Waals surface area contributed by atoms with Gasteiger partial charge in [-0.2, -0.15) is 9.57 Å². The fourth-order valence-electron chi connectivity index (χ4n) is 3.93. The number of hydrogen-bond acceptors (Lipinski definition) is 7. The van der Waals surface area contributed by atoms with E-state index in [1.54, 1.807) is 12.1 Å². The van der Waals surface area contributed by atoms with E-state index in [-0.39, 0.29) is 10.7 Å². The molecule has 0 amide bonds. The van der Waals surface area contributed by atoms with E-state index < -0.39 is 10.0 Å². The van der Waals surface area contributed by atoms with Gasteiger partial charge in [-0.15, -0.1) is 11.3 Å². The SMILES string of the molecule is N#Cc1ccc(S(=O)(=O)N2CCN(c3ncnc4scc(-c5ccc(F)cc5)c34)CC2)cc1.